The first-order chi connectivity index (χ1) is 11.8. The molecule has 0 atom stereocenters. The number of alkyl carbamates (subject to hydrolysis) is 1. The summed E-state index contributed by atoms with van der Waals surface area (Å²) in [5, 5.41) is 15.5. The summed E-state index contributed by atoms with van der Waals surface area (Å²) >= 11 is 1.37. The normalized spacial score (nSPS) is 11.0. The van der Waals surface area contributed by atoms with Crippen LogP contribution in [-0.2, 0) is 17.7 Å². The molecule has 134 valence electrons. The van der Waals surface area contributed by atoms with Crippen molar-refractivity contribution in [3.8, 4) is 0 Å². The fraction of sp³-hybridized carbons (Fsp3) is 0.438. The molecule has 8 nitrogen and oxygen atoms in total. The van der Waals surface area contributed by atoms with Crippen LogP contribution in [0.25, 0.3) is 0 Å². The highest BCUT2D eigenvalue weighted by Gasteiger charge is 2.16. The monoisotopic (exact) mass is 363 g/mol. The van der Waals surface area contributed by atoms with E-state index in [0.717, 1.165) is 5.01 Å². The zero-order valence-corrected chi connectivity index (χ0v) is 15.2. The molecular formula is C16H21N5O3S. The number of nitrogens with zero attached hydrogens (tertiary/aromatic N) is 3. The topological polar surface area (TPSA) is 106 Å². The Bertz CT molecular complexity index is 712. The molecule has 0 unspecified atom stereocenters. The molecule has 2 amide bonds. The van der Waals surface area contributed by atoms with Gasteiger partial charge in [0.15, 0.2) is 0 Å². The van der Waals surface area contributed by atoms with Gasteiger partial charge in [-0.15, -0.1) is 11.3 Å². The Labute approximate surface area is 150 Å². The molecule has 0 aliphatic rings. The van der Waals surface area contributed by atoms with Crippen molar-refractivity contribution < 1.29 is 14.3 Å². The highest BCUT2D eigenvalue weighted by Crippen LogP contribution is 2.11. The van der Waals surface area contributed by atoms with Crippen LogP contribution in [0.4, 0.5) is 4.79 Å². The van der Waals surface area contributed by atoms with Crippen LogP contribution in [0.1, 0.15) is 42.0 Å². The lowest BCUT2D eigenvalue weighted by Crippen LogP contribution is -2.33. The van der Waals surface area contributed by atoms with Crippen LogP contribution in [0.5, 0.6) is 0 Å². The van der Waals surface area contributed by atoms with Gasteiger partial charge in [0.1, 0.15) is 11.3 Å². The summed E-state index contributed by atoms with van der Waals surface area (Å²) in [4.78, 5) is 27.9. The van der Waals surface area contributed by atoms with Crippen LogP contribution >= 0.6 is 11.3 Å². The lowest BCUT2D eigenvalue weighted by atomic mass is 10.2. The molecule has 0 spiro atoms. The SMILES string of the molecule is CC(C)(C)OC(=O)NCCc1nc(C(=O)NCc2cccnn2)cs1. The number of carbonyl (C=O) groups is 2. The third kappa shape index (κ3) is 6.84. The molecule has 0 radical (unpaired) electrons. The van der Waals surface area contributed by atoms with E-state index < -0.39 is 11.7 Å². The van der Waals surface area contributed by atoms with Gasteiger partial charge < -0.3 is 15.4 Å². The number of aromatic nitrogens is 3. The minimum atomic E-state index is -0.528. The van der Waals surface area contributed by atoms with Crippen molar-refractivity contribution in [3.63, 3.8) is 0 Å². The maximum atomic E-state index is 12.1. The van der Waals surface area contributed by atoms with Crippen molar-refractivity contribution in [2.75, 3.05) is 6.54 Å². The molecule has 0 saturated heterocycles. The fourth-order valence-electron chi connectivity index (χ4n) is 1.80. The van der Waals surface area contributed by atoms with E-state index in [4.69, 9.17) is 4.74 Å². The second-order valence-corrected chi connectivity index (χ2v) is 7.15. The lowest BCUT2D eigenvalue weighted by molar-refractivity contribution is 0.0528. The maximum Gasteiger partial charge on any atom is 0.407 e. The zero-order valence-electron chi connectivity index (χ0n) is 14.4. The summed E-state index contributed by atoms with van der Waals surface area (Å²) in [6, 6.07) is 3.54. The van der Waals surface area contributed by atoms with Gasteiger partial charge in [-0.2, -0.15) is 10.2 Å². The van der Waals surface area contributed by atoms with E-state index in [0.29, 0.717) is 30.9 Å². The molecule has 2 N–H and O–H groups in total. The second-order valence-electron chi connectivity index (χ2n) is 6.20. The number of nitrogens with one attached hydrogen (secondary N) is 2. The Morgan fingerprint density at radius 2 is 2.08 bits per heavy atom. The van der Waals surface area contributed by atoms with E-state index in [1.54, 1.807) is 44.5 Å². The summed E-state index contributed by atoms with van der Waals surface area (Å²) in [6.07, 6.45) is 1.64. The molecule has 0 aromatic carbocycles. The van der Waals surface area contributed by atoms with Crippen molar-refractivity contribution in [2.45, 2.75) is 39.3 Å². The van der Waals surface area contributed by atoms with Gasteiger partial charge in [0, 0.05) is 24.5 Å². The predicted molar refractivity (Wildman–Crippen MR) is 93.3 cm³/mol. The minimum absolute atomic E-state index is 0.270. The molecule has 2 aromatic rings. The van der Waals surface area contributed by atoms with Gasteiger partial charge in [0.05, 0.1) is 17.2 Å². The standard InChI is InChI=1S/C16H21N5O3S/c1-16(2,3)24-15(23)17-8-6-13-20-12(10-25-13)14(22)18-9-11-5-4-7-19-21-11/h4-5,7,10H,6,8-9H2,1-3H3,(H,17,23)(H,18,22). The molecule has 2 heterocycles. The van der Waals surface area contributed by atoms with Crippen molar-refractivity contribution in [1.82, 2.24) is 25.8 Å². The third-order valence-corrected chi connectivity index (χ3v) is 3.76. The van der Waals surface area contributed by atoms with E-state index in [2.05, 4.69) is 25.8 Å². The number of thiazole rings is 1. The van der Waals surface area contributed by atoms with Crippen LogP contribution < -0.4 is 10.6 Å². The lowest BCUT2D eigenvalue weighted by Gasteiger charge is -2.19. The average molecular weight is 363 g/mol. The summed E-state index contributed by atoms with van der Waals surface area (Å²) in [5.74, 6) is -0.270. The Hall–Kier alpha value is -2.55. The second kappa shape index (κ2) is 8.52. The quantitative estimate of drug-likeness (QED) is 0.812. The van der Waals surface area contributed by atoms with Crippen molar-refractivity contribution >= 4 is 23.3 Å². The van der Waals surface area contributed by atoms with E-state index in [1.807, 2.05) is 0 Å². The molecular weight excluding hydrogens is 342 g/mol. The largest absolute Gasteiger partial charge is 0.444 e. The zero-order chi connectivity index (χ0) is 18.3. The van der Waals surface area contributed by atoms with Crippen LogP contribution in [0.3, 0.4) is 0 Å². The Balaban J connectivity index is 1.75. The molecule has 0 saturated carbocycles. The first-order valence-electron chi connectivity index (χ1n) is 7.79. The number of amides is 2. The van der Waals surface area contributed by atoms with Gasteiger partial charge in [-0.25, -0.2) is 9.78 Å². The smallest absolute Gasteiger partial charge is 0.407 e. The summed E-state index contributed by atoms with van der Waals surface area (Å²) in [6.45, 7) is 6.10. The summed E-state index contributed by atoms with van der Waals surface area (Å²) in [5.41, 5.74) is 0.494. The third-order valence-electron chi connectivity index (χ3n) is 2.85. The van der Waals surface area contributed by atoms with Crippen molar-refractivity contribution in [2.24, 2.45) is 0 Å². The van der Waals surface area contributed by atoms with Gasteiger partial charge in [-0.1, -0.05) is 0 Å². The van der Waals surface area contributed by atoms with Crippen LogP contribution in [0, 0.1) is 0 Å². The summed E-state index contributed by atoms with van der Waals surface area (Å²) < 4.78 is 5.15. The first-order valence-corrected chi connectivity index (χ1v) is 8.67. The van der Waals surface area contributed by atoms with E-state index >= 15 is 0 Å². The Morgan fingerprint density at radius 3 is 2.76 bits per heavy atom. The number of carbonyl (C=O) groups excluding carboxylic acids is 2. The minimum Gasteiger partial charge on any atom is -0.444 e. The molecule has 0 aliphatic carbocycles. The first kappa shape index (κ1) is 18.8. The molecule has 2 aromatic heterocycles. The van der Waals surface area contributed by atoms with Crippen LogP contribution in [0.15, 0.2) is 23.7 Å². The van der Waals surface area contributed by atoms with Gasteiger partial charge >= 0.3 is 6.09 Å². The van der Waals surface area contributed by atoms with Crippen LogP contribution in [-0.4, -0.2) is 39.3 Å². The van der Waals surface area contributed by atoms with Gasteiger partial charge in [-0.3, -0.25) is 4.79 Å². The number of hydrogen-bond acceptors (Lipinski definition) is 7. The number of hydrogen-bond donors (Lipinski definition) is 2. The molecule has 9 heteroatoms. The number of ether oxygens (including phenoxy) is 1. The van der Waals surface area contributed by atoms with E-state index in [-0.39, 0.29) is 5.91 Å². The van der Waals surface area contributed by atoms with Gasteiger partial charge in [-0.05, 0) is 32.9 Å². The predicted octanol–water partition coefficient (Wildman–Crippen LogP) is 1.93. The molecule has 0 bridgehead atoms. The Morgan fingerprint density at radius 1 is 1.28 bits per heavy atom. The van der Waals surface area contributed by atoms with Crippen molar-refractivity contribution in [3.05, 3.63) is 40.1 Å². The van der Waals surface area contributed by atoms with E-state index in [9.17, 15) is 9.59 Å². The van der Waals surface area contributed by atoms with Crippen molar-refractivity contribution in [1.29, 1.82) is 0 Å². The maximum absolute atomic E-state index is 12.1. The van der Waals surface area contributed by atoms with E-state index in [1.165, 1.54) is 11.3 Å². The number of rotatable bonds is 6. The summed E-state index contributed by atoms with van der Waals surface area (Å²) in [7, 11) is 0. The average Bonchev–Trinajstić information content (AvgIpc) is 3.01. The highest BCUT2D eigenvalue weighted by molar-refractivity contribution is 7.09. The molecule has 25 heavy (non-hydrogen) atoms. The van der Waals surface area contributed by atoms with Gasteiger partial charge in [0.2, 0.25) is 0 Å². The fourth-order valence-corrected chi connectivity index (χ4v) is 2.58. The highest BCUT2D eigenvalue weighted by atomic mass is 32.1. The Kier molecular flexibility index (Phi) is 6.40. The van der Waals surface area contributed by atoms with Gasteiger partial charge in [0.25, 0.3) is 5.91 Å². The molecule has 0 aliphatic heterocycles. The molecule has 2 rings (SSSR count). The van der Waals surface area contributed by atoms with Crippen LogP contribution in [0.2, 0.25) is 0 Å². The molecule has 0 fully saturated rings.